The molecule has 1 aromatic rings. The first-order valence-electron chi connectivity index (χ1n) is 5.10. The molecule has 0 unspecified atom stereocenters. The number of carbonyl (C=O) groups excluding carboxylic acids is 1. The molecule has 0 saturated carbocycles. The van der Waals surface area contributed by atoms with Crippen molar-refractivity contribution in [2.75, 3.05) is 13.1 Å². The molecule has 0 atom stereocenters. The number of carbonyl (C=O) groups is 2. The summed E-state index contributed by atoms with van der Waals surface area (Å²) in [4.78, 5) is 23.9. The Morgan fingerprint density at radius 1 is 1.65 bits per heavy atom. The van der Waals surface area contributed by atoms with E-state index in [1.807, 2.05) is 6.92 Å². The highest BCUT2D eigenvalue weighted by atomic mass is 16.4. The van der Waals surface area contributed by atoms with Gasteiger partial charge in [-0.25, -0.2) is 9.48 Å². The van der Waals surface area contributed by atoms with E-state index in [1.54, 1.807) is 11.0 Å². The molecule has 0 aliphatic heterocycles. The number of likely N-dealkylation sites (N-methyl/N-ethyl adjacent to an activating group) is 1. The molecule has 7 heteroatoms. The molecule has 92 valence electrons. The summed E-state index contributed by atoms with van der Waals surface area (Å²) in [5, 5.41) is 15.6. The van der Waals surface area contributed by atoms with Crippen LogP contribution in [0.15, 0.2) is 18.9 Å². The Morgan fingerprint density at radius 2 is 2.35 bits per heavy atom. The second kappa shape index (κ2) is 5.78. The van der Waals surface area contributed by atoms with Crippen molar-refractivity contribution in [3.8, 4) is 0 Å². The van der Waals surface area contributed by atoms with E-state index in [2.05, 4.69) is 16.9 Å². The number of aromatic carboxylic acids is 1. The summed E-state index contributed by atoms with van der Waals surface area (Å²) < 4.78 is 1.21. The van der Waals surface area contributed by atoms with Crippen molar-refractivity contribution in [3.63, 3.8) is 0 Å². The Hall–Kier alpha value is -2.18. The highest BCUT2D eigenvalue weighted by molar-refractivity contribution is 5.84. The average Bonchev–Trinajstić information content (AvgIpc) is 2.74. The van der Waals surface area contributed by atoms with Crippen molar-refractivity contribution in [1.82, 2.24) is 19.9 Å². The van der Waals surface area contributed by atoms with Crippen LogP contribution in [0.1, 0.15) is 17.4 Å². The third-order valence-corrected chi connectivity index (χ3v) is 2.14. The lowest BCUT2D eigenvalue weighted by Gasteiger charge is -2.18. The zero-order chi connectivity index (χ0) is 12.8. The maximum Gasteiger partial charge on any atom is 0.358 e. The van der Waals surface area contributed by atoms with Gasteiger partial charge in [-0.05, 0) is 6.92 Å². The van der Waals surface area contributed by atoms with Crippen molar-refractivity contribution in [1.29, 1.82) is 0 Å². The molecule has 17 heavy (non-hydrogen) atoms. The molecule has 0 radical (unpaired) electrons. The predicted molar refractivity (Wildman–Crippen MR) is 59.4 cm³/mol. The maximum atomic E-state index is 11.8. The van der Waals surface area contributed by atoms with Gasteiger partial charge in [-0.3, -0.25) is 4.79 Å². The van der Waals surface area contributed by atoms with Gasteiger partial charge in [0.1, 0.15) is 6.54 Å². The van der Waals surface area contributed by atoms with Gasteiger partial charge in [0.05, 0.1) is 6.20 Å². The van der Waals surface area contributed by atoms with Crippen LogP contribution in [0.25, 0.3) is 0 Å². The van der Waals surface area contributed by atoms with Crippen molar-refractivity contribution in [3.05, 3.63) is 24.5 Å². The van der Waals surface area contributed by atoms with E-state index in [4.69, 9.17) is 5.11 Å². The van der Waals surface area contributed by atoms with E-state index in [9.17, 15) is 9.59 Å². The molecule has 1 heterocycles. The fourth-order valence-electron chi connectivity index (χ4n) is 1.28. The number of rotatable bonds is 6. The van der Waals surface area contributed by atoms with Gasteiger partial charge in [0.25, 0.3) is 0 Å². The van der Waals surface area contributed by atoms with Gasteiger partial charge in [0.15, 0.2) is 5.69 Å². The van der Waals surface area contributed by atoms with Crippen LogP contribution in [0.4, 0.5) is 0 Å². The lowest BCUT2D eigenvalue weighted by Crippen LogP contribution is -2.33. The third kappa shape index (κ3) is 3.40. The number of hydrogen-bond donors (Lipinski definition) is 1. The summed E-state index contributed by atoms with van der Waals surface area (Å²) in [7, 11) is 0. The van der Waals surface area contributed by atoms with Crippen LogP contribution in [-0.4, -0.2) is 50.0 Å². The van der Waals surface area contributed by atoms with Crippen molar-refractivity contribution < 1.29 is 14.7 Å². The van der Waals surface area contributed by atoms with Crippen LogP contribution < -0.4 is 0 Å². The van der Waals surface area contributed by atoms with E-state index in [0.717, 1.165) is 0 Å². The predicted octanol–water partition coefficient (Wildman–Crippen LogP) is 0.0108. The summed E-state index contributed by atoms with van der Waals surface area (Å²) >= 11 is 0. The number of hydrogen-bond acceptors (Lipinski definition) is 4. The fraction of sp³-hybridized carbons (Fsp3) is 0.400. The van der Waals surface area contributed by atoms with Crippen LogP contribution in [-0.2, 0) is 11.3 Å². The van der Waals surface area contributed by atoms with Crippen LogP contribution in [0.2, 0.25) is 0 Å². The SMILES string of the molecule is C=CCN(CC)C(=O)Cn1cc(C(=O)O)nn1. The second-order valence-corrected chi connectivity index (χ2v) is 3.33. The largest absolute Gasteiger partial charge is 0.476 e. The minimum Gasteiger partial charge on any atom is -0.476 e. The molecule has 0 fully saturated rings. The molecule has 0 saturated heterocycles. The quantitative estimate of drug-likeness (QED) is 0.705. The summed E-state index contributed by atoms with van der Waals surface area (Å²) in [6.45, 7) is 6.40. The van der Waals surface area contributed by atoms with Gasteiger partial charge in [-0.15, -0.1) is 11.7 Å². The van der Waals surface area contributed by atoms with Gasteiger partial charge in [-0.1, -0.05) is 11.3 Å². The van der Waals surface area contributed by atoms with E-state index in [1.165, 1.54) is 10.9 Å². The first-order valence-corrected chi connectivity index (χ1v) is 5.10. The van der Waals surface area contributed by atoms with Crippen molar-refractivity contribution in [2.45, 2.75) is 13.5 Å². The average molecular weight is 238 g/mol. The minimum absolute atomic E-state index is 0.0258. The molecule has 1 aromatic heterocycles. The monoisotopic (exact) mass is 238 g/mol. The van der Waals surface area contributed by atoms with E-state index < -0.39 is 5.97 Å². The first kappa shape index (κ1) is 12.9. The summed E-state index contributed by atoms with van der Waals surface area (Å²) in [5.74, 6) is -1.32. The highest BCUT2D eigenvalue weighted by Gasteiger charge is 2.13. The van der Waals surface area contributed by atoms with Crippen LogP contribution >= 0.6 is 0 Å². The van der Waals surface area contributed by atoms with Gasteiger partial charge >= 0.3 is 5.97 Å². The summed E-state index contributed by atoms with van der Waals surface area (Å²) in [5.41, 5.74) is -0.176. The normalized spacial score (nSPS) is 9.94. The second-order valence-electron chi connectivity index (χ2n) is 3.33. The zero-order valence-electron chi connectivity index (χ0n) is 9.54. The first-order chi connectivity index (χ1) is 8.08. The van der Waals surface area contributed by atoms with Crippen LogP contribution in [0.5, 0.6) is 0 Å². The van der Waals surface area contributed by atoms with Gasteiger partial charge < -0.3 is 10.0 Å². The maximum absolute atomic E-state index is 11.8. The number of carboxylic acids is 1. The molecule has 0 aliphatic carbocycles. The van der Waals surface area contributed by atoms with E-state index in [0.29, 0.717) is 13.1 Å². The Labute approximate surface area is 98.3 Å². The standard InChI is InChI=1S/C10H14N4O3/c1-3-5-13(4-2)9(15)7-14-6-8(10(16)17)11-12-14/h3,6H,1,4-5,7H2,2H3,(H,16,17). The van der Waals surface area contributed by atoms with Gasteiger partial charge in [-0.2, -0.15) is 0 Å². The Balaban J connectivity index is 2.66. The van der Waals surface area contributed by atoms with Crippen molar-refractivity contribution in [2.24, 2.45) is 0 Å². The Kier molecular flexibility index (Phi) is 4.38. The topological polar surface area (TPSA) is 88.3 Å². The molecule has 1 rings (SSSR count). The van der Waals surface area contributed by atoms with Crippen LogP contribution in [0, 0.1) is 0 Å². The van der Waals surface area contributed by atoms with Gasteiger partial charge in [0.2, 0.25) is 5.91 Å². The molecule has 0 spiro atoms. The molecule has 0 aliphatic rings. The summed E-state index contributed by atoms with van der Waals surface area (Å²) in [6, 6.07) is 0. The van der Waals surface area contributed by atoms with Crippen molar-refractivity contribution >= 4 is 11.9 Å². The minimum atomic E-state index is -1.16. The fourth-order valence-corrected chi connectivity index (χ4v) is 1.28. The Morgan fingerprint density at radius 3 is 2.82 bits per heavy atom. The number of carboxylic acid groups (broad SMARTS) is 1. The molecule has 0 aromatic carbocycles. The van der Waals surface area contributed by atoms with Gasteiger partial charge in [0, 0.05) is 13.1 Å². The molecule has 7 nitrogen and oxygen atoms in total. The lowest BCUT2D eigenvalue weighted by molar-refractivity contribution is -0.131. The molecule has 1 amide bonds. The third-order valence-electron chi connectivity index (χ3n) is 2.14. The lowest BCUT2D eigenvalue weighted by atomic mass is 10.4. The van der Waals surface area contributed by atoms with E-state index >= 15 is 0 Å². The molecule has 0 bridgehead atoms. The number of amides is 1. The smallest absolute Gasteiger partial charge is 0.358 e. The molecular weight excluding hydrogens is 224 g/mol. The Bertz CT molecular complexity index is 427. The number of nitrogens with zero attached hydrogens (tertiary/aromatic N) is 4. The van der Waals surface area contributed by atoms with E-state index in [-0.39, 0.29) is 18.1 Å². The molecule has 1 N–H and O–H groups in total. The number of aromatic nitrogens is 3. The molecular formula is C10H14N4O3. The van der Waals surface area contributed by atoms with Crippen LogP contribution in [0.3, 0.4) is 0 Å². The summed E-state index contributed by atoms with van der Waals surface area (Å²) in [6.07, 6.45) is 2.85. The zero-order valence-corrected chi connectivity index (χ0v) is 9.54. The highest BCUT2D eigenvalue weighted by Crippen LogP contribution is 1.96.